The Kier molecular flexibility index (Phi) is 8.35. The highest BCUT2D eigenvalue weighted by molar-refractivity contribution is 7.23. The molecule has 3 atom stereocenters. The Balaban J connectivity index is 1.34. The van der Waals surface area contributed by atoms with Crippen LogP contribution in [-0.4, -0.2) is 64.8 Å². The van der Waals surface area contributed by atoms with E-state index in [9.17, 15) is 27.2 Å². The first kappa shape index (κ1) is 35.4. The number of thiophene rings is 1. The van der Waals surface area contributed by atoms with Gasteiger partial charge in [-0.2, -0.15) is 46.0 Å². The molecule has 3 N–H and O–H groups in total. The van der Waals surface area contributed by atoms with Crippen LogP contribution in [0.3, 0.4) is 0 Å². The molecule has 2 unspecified atom stereocenters. The van der Waals surface area contributed by atoms with Gasteiger partial charge in [-0.15, -0.1) is 11.3 Å². The lowest BCUT2D eigenvalue weighted by molar-refractivity contribution is -0.137. The molecule has 8 nitrogen and oxygen atoms in total. The number of nitrogens with zero attached hydrogens (tertiary/aromatic N) is 5. The SMILES string of the molecule is N#Cc1c(N)sc2c(F)ccc(-c3c(C(F)(F)F)cc4c(N5CC6CCC(C=C(F)F)(C5)N6)nc(OC[C@@]56CCCN5CC(=C(F)F)C6)nc4c3F)c12. The second-order valence-electron chi connectivity index (χ2n) is 14.0. The van der Waals surface area contributed by atoms with Crippen molar-refractivity contribution < 1.29 is 44.3 Å². The molecule has 8 rings (SSSR count). The molecule has 0 amide bonds. The van der Waals surface area contributed by atoms with Gasteiger partial charge in [0.1, 0.15) is 34.8 Å². The highest BCUT2D eigenvalue weighted by Crippen LogP contribution is 2.49. The molecule has 4 aliphatic rings. The van der Waals surface area contributed by atoms with E-state index in [2.05, 4.69) is 15.3 Å². The molecule has 18 heteroatoms. The van der Waals surface area contributed by atoms with Crippen LogP contribution < -0.4 is 20.7 Å². The quantitative estimate of drug-likeness (QED) is 0.190. The van der Waals surface area contributed by atoms with Crippen molar-refractivity contribution in [2.24, 2.45) is 0 Å². The van der Waals surface area contributed by atoms with Crippen molar-refractivity contribution >= 4 is 43.1 Å². The smallest absolute Gasteiger partial charge is 0.417 e. The molecule has 0 spiro atoms. The number of anilines is 2. The number of halogens is 9. The van der Waals surface area contributed by atoms with Gasteiger partial charge < -0.3 is 20.7 Å². The Morgan fingerprint density at radius 1 is 1.17 bits per heavy atom. The summed E-state index contributed by atoms with van der Waals surface area (Å²) in [5.41, 5.74) is -0.138. The van der Waals surface area contributed by atoms with E-state index in [1.165, 1.54) is 4.90 Å². The molecule has 4 aliphatic heterocycles. The zero-order valence-electron chi connectivity index (χ0n) is 27.5. The lowest BCUT2D eigenvalue weighted by Gasteiger charge is -2.40. The van der Waals surface area contributed by atoms with E-state index in [4.69, 9.17) is 10.5 Å². The number of nitrogen functional groups attached to an aromatic ring is 1. The van der Waals surface area contributed by atoms with E-state index in [1.54, 1.807) is 6.07 Å². The van der Waals surface area contributed by atoms with E-state index in [-0.39, 0.29) is 77.2 Å². The number of aromatic nitrogens is 2. The van der Waals surface area contributed by atoms with Crippen LogP contribution >= 0.6 is 11.3 Å². The number of benzene rings is 2. The zero-order valence-corrected chi connectivity index (χ0v) is 28.3. The lowest BCUT2D eigenvalue weighted by Crippen LogP contribution is -2.59. The molecular formula is C35H28F9N7OS. The number of alkyl halides is 3. The van der Waals surface area contributed by atoms with Gasteiger partial charge in [0.2, 0.25) is 0 Å². The van der Waals surface area contributed by atoms with Gasteiger partial charge in [-0.05, 0) is 56.3 Å². The van der Waals surface area contributed by atoms with Crippen LogP contribution in [0.5, 0.6) is 6.01 Å². The van der Waals surface area contributed by atoms with Crippen LogP contribution in [0.4, 0.5) is 50.3 Å². The van der Waals surface area contributed by atoms with Gasteiger partial charge in [-0.1, -0.05) is 6.07 Å². The second kappa shape index (κ2) is 12.5. The number of hydrogen-bond donors (Lipinski definition) is 2. The Labute approximate surface area is 299 Å². The van der Waals surface area contributed by atoms with Crippen molar-refractivity contribution in [2.75, 3.05) is 43.4 Å². The molecule has 53 heavy (non-hydrogen) atoms. The molecule has 6 heterocycles. The molecule has 2 aromatic heterocycles. The fourth-order valence-corrected chi connectivity index (χ4v) is 9.55. The molecule has 0 saturated carbocycles. The fraction of sp³-hybridized carbons (Fsp3) is 0.400. The summed E-state index contributed by atoms with van der Waals surface area (Å²) in [6.07, 6.45) is -6.27. The summed E-state index contributed by atoms with van der Waals surface area (Å²) < 4.78 is 138. The highest BCUT2D eigenvalue weighted by Gasteiger charge is 2.49. The number of fused-ring (bicyclic) bond motifs is 5. The maximum Gasteiger partial charge on any atom is 0.417 e. The maximum atomic E-state index is 17.2. The molecule has 4 aromatic rings. The summed E-state index contributed by atoms with van der Waals surface area (Å²) >= 11 is 0.629. The molecule has 0 radical (unpaired) electrons. The Bertz CT molecular complexity index is 2300. The third-order valence-electron chi connectivity index (χ3n) is 10.8. The molecule has 2 bridgehead atoms. The van der Waals surface area contributed by atoms with Gasteiger partial charge in [-0.3, -0.25) is 4.90 Å². The highest BCUT2D eigenvalue weighted by atomic mass is 32.1. The Hall–Kier alpha value is -4.60. The first-order valence-corrected chi connectivity index (χ1v) is 17.4. The van der Waals surface area contributed by atoms with Crippen LogP contribution in [0.25, 0.3) is 32.1 Å². The van der Waals surface area contributed by atoms with E-state index < -0.39 is 74.7 Å². The molecule has 0 aliphatic carbocycles. The number of nitriles is 1. The third-order valence-corrected chi connectivity index (χ3v) is 11.9. The third kappa shape index (κ3) is 5.83. The summed E-state index contributed by atoms with van der Waals surface area (Å²) in [4.78, 5) is 12.0. The normalized spacial score (nSPS) is 24.3. The van der Waals surface area contributed by atoms with Crippen LogP contribution in [0.15, 0.2) is 42.0 Å². The predicted molar refractivity (Wildman–Crippen MR) is 179 cm³/mol. The summed E-state index contributed by atoms with van der Waals surface area (Å²) in [6.45, 7) is 0.290. The minimum Gasteiger partial charge on any atom is -0.461 e. The number of rotatable bonds is 6. The Morgan fingerprint density at radius 2 is 1.96 bits per heavy atom. The van der Waals surface area contributed by atoms with E-state index in [0.29, 0.717) is 43.2 Å². The largest absolute Gasteiger partial charge is 0.461 e. The van der Waals surface area contributed by atoms with E-state index in [1.807, 2.05) is 4.90 Å². The monoisotopic (exact) mass is 765 g/mol. The predicted octanol–water partition coefficient (Wildman–Crippen LogP) is 8.12. The van der Waals surface area contributed by atoms with Crippen LogP contribution in [-0.2, 0) is 6.18 Å². The Morgan fingerprint density at radius 3 is 2.68 bits per heavy atom. The average molecular weight is 766 g/mol. The number of nitrogens with two attached hydrogens (primary N) is 1. The van der Waals surface area contributed by atoms with E-state index >= 15 is 17.6 Å². The van der Waals surface area contributed by atoms with Crippen molar-refractivity contribution in [3.05, 3.63) is 64.8 Å². The van der Waals surface area contributed by atoms with Gasteiger partial charge in [0.15, 0.2) is 5.82 Å². The average Bonchev–Trinajstić information content (AvgIpc) is 3.82. The summed E-state index contributed by atoms with van der Waals surface area (Å²) in [7, 11) is 0. The topological polar surface area (TPSA) is 103 Å². The van der Waals surface area contributed by atoms with Gasteiger partial charge >= 0.3 is 12.2 Å². The number of hydrogen-bond acceptors (Lipinski definition) is 9. The maximum absolute atomic E-state index is 17.2. The van der Waals surface area contributed by atoms with Crippen molar-refractivity contribution in [2.45, 2.75) is 55.4 Å². The first-order valence-electron chi connectivity index (χ1n) is 16.6. The molecular weight excluding hydrogens is 737 g/mol. The minimum absolute atomic E-state index is 0.00207. The van der Waals surface area contributed by atoms with Crippen molar-refractivity contribution in [1.29, 1.82) is 5.26 Å². The van der Waals surface area contributed by atoms with Crippen LogP contribution in [0.2, 0.25) is 0 Å². The van der Waals surface area contributed by atoms with Crippen molar-refractivity contribution in [3.8, 4) is 23.2 Å². The number of piperazine rings is 1. The standard InChI is InChI=1S/C35H28F9N7OS/c36-22-3-2-18(24-20(11-45)30(46)53-28(22)24)25-21(35(42,43)44)8-19-27(26(25)39)47-32(52-15-34-5-1-7-51(34)12-16(9-34)29(40)41)48-31(19)50-13-17-4-6-33(14-50,49-17)10-23(37)38/h2-3,8,10,17,49H,1,4-7,9,12-15,46H2/t17?,33?,34-/m0/s1. The van der Waals surface area contributed by atoms with Gasteiger partial charge in [0, 0.05) is 53.7 Å². The van der Waals surface area contributed by atoms with Crippen molar-refractivity contribution in [1.82, 2.24) is 20.2 Å². The number of ether oxygens (including phenoxy) is 1. The molecule has 4 fully saturated rings. The zero-order chi connectivity index (χ0) is 37.6. The lowest BCUT2D eigenvalue weighted by atomic mass is 9.92. The van der Waals surface area contributed by atoms with Gasteiger partial charge in [0.05, 0.1) is 26.9 Å². The van der Waals surface area contributed by atoms with Crippen molar-refractivity contribution in [3.63, 3.8) is 0 Å². The molecule has 4 saturated heterocycles. The summed E-state index contributed by atoms with van der Waals surface area (Å²) in [5.74, 6) is -2.58. The van der Waals surface area contributed by atoms with Crippen LogP contribution in [0.1, 0.15) is 43.2 Å². The summed E-state index contributed by atoms with van der Waals surface area (Å²) in [6, 6.07) is 3.38. The molecule has 278 valence electrons. The summed E-state index contributed by atoms with van der Waals surface area (Å²) in [5, 5.41) is 12.1. The second-order valence-corrected chi connectivity index (χ2v) is 15.1. The minimum atomic E-state index is -5.21. The van der Waals surface area contributed by atoms with E-state index in [0.717, 1.165) is 18.2 Å². The fourth-order valence-electron chi connectivity index (χ4n) is 8.60. The first-order chi connectivity index (χ1) is 25.1. The van der Waals surface area contributed by atoms with Crippen LogP contribution in [0, 0.1) is 23.0 Å². The number of nitrogens with one attached hydrogen (secondary N) is 1. The van der Waals surface area contributed by atoms with Gasteiger partial charge in [-0.25, -0.2) is 8.78 Å². The molecule has 2 aromatic carbocycles. The van der Waals surface area contributed by atoms with Gasteiger partial charge in [0.25, 0.3) is 12.2 Å².